The Hall–Kier alpha value is -0.690. The minimum absolute atomic E-state index is 0.374. The van der Waals surface area contributed by atoms with Gasteiger partial charge in [-0.15, -0.1) is 0 Å². The zero-order chi connectivity index (χ0) is 33.9. The van der Waals surface area contributed by atoms with Crippen LogP contribution in [0, 0.1) is 0 Å². The molecule has 46 heavy (non-hydrogen) atoms. The molecule has 0 saturated heterocycles. The summed E-state index contributed by atoms with van der Waals surface area (Å²) in [6.45, 7) is 4.03. The molecule has 5 N–H and O–H groups in total. The van der Waals surface area contributed by atoms with Crippen molar-refractivity contribution in [1.82, 2.24) is 5.32 Å². The molecule has 0 radical (unpaired) electrons. The molecule has 0 fully saturated rings. The predicted molar refractivity (Wildman–Crippen MR) is 196 cm³/mol. The molecular weight excluding hydrogens is 574 g/mol. The summed E-state index contributed by atoms with van der Waals surface area (Å²) in [5.41, 5.74) is 0. The molecule has 0 saturated carbocycles. The van der Waals surface area contributed by atoms with Gasteiger partial charge in [-0.05, 0) is 12.8 Å². The van der Waals surface area contributed by atoms with Crippen LogP contribution in [0.15, 0.2) is 0 Å². The van der Waals surface area contributed by atoms with Crippen LogP contribution in [0.2, 0.25) is 0 Å². The number of aliphatic hydroxyl groups excluding tert-OH is 4. The summed E-state index contributed by atoms with van der Waals surface area (Å²) in [6, 6.07) is -0.977. The van der Waals surface area contributed by atoms with Crippen molar-refractivity contribution in [3.05, 3.63) is 0 Å². The molecule has 0 aromatic carbocycles. The van der Waals surface area contributed by atoms with Gasteiger partial charge in [-0.1, -0.05) is 206 Å². The van der Waals surface area contributed by atoms with Crippen molar-refractivity contribution in [2.24, 2.45) is 0 Å². The number of amides is 1. The average Bonchev–Trinajstić information content (AvgIpc) is 3.06. The number of carbonyl (C=O) groups is 1. The second-order valence-corrected chi connectivity index (χ2v) is 14.3. The Balaban J connectivity index is 3.69. The molecule has 0 heterocycles. The first-order valence-electron chi connectivity index (χ1n) is 20.4. The predicted octanol–water partition coefficient (Wildman–Crippen LogP) is 10.1. The smallest absolute Gasteiger partial charge is 0.249 e. The van der Waals surface area contributed by atoms with Crippen LogP contribution < -0.4 is 5.32 Å². The lowest BCUT2D eigenvalue weighted by Crippen LogP contribution is -2.53. The lowest BCUT2D eigenvalue weighted by molar-refractivity contribution is -0.132. The van der Waals surface area contributed by atoms with E-state index in [9.17, 15) is 25.2 Å². The standard InChI is InChI=1S/C40H81NO5/c1-3-5-7-9-11-13-15-16-17-18-19-20-21-22-23-24-26-27-29-31-33-37(43)39(45)36(35-42)41-40(46)38(44)34-32-30-28-25-14-12-10-8-6-4-2/h36-39,42-45H,3-35H2,1-2H3,(H,41,46). The molecule has 0 aliphatic rings. The van der Waals surface area contributed by atoms with Crippen LogP contribution in [0.3, 0.4) is 0 Å². The van der Waals surface area contributed by atoms with E-state index in [2.05, 4.69) is 19.2 Å². The summed E-state index contributed by atoms with van der Waals surface area (Å²) >= 11 is 0. The van der Waals surface area contributed by atoms with E-state index in [0.717, 1.165) is 38.5 Å². The van der Waals surface area contributed by atoms with Gasteiger partial charge in [0.2, 0.25) is 5.91 Å². The van der Waals surface area contributed by atoms with Crippen molar-refractivity contribution < 1.29 is 25.2 Å². The Morgan fingerprint density at radius 2 is 0.739 bits per heavy atom. The summed E-state index contributed by atoms with van der Waals surface area (Å²) < 4.78 is 0. The van der Waals surface area contributed by atoms with Crippen LogP contribution in [0.1, 0.15) is 219 Å². The van der Waals surface area contributed by atoms with Gasteiger partial charge in [0.15, 0.2) is 0 Å². The van der Waals surface area contributed by atoms with Gasteiger partial charge in [-0.2, -0.15) is 0 Å². The van der Waals surface area contributed by atoms with Gasteiger partial charge < -0.3 is 25.7 Å². The highest BCUT2D eigenvalue weighted by atomic mass is 16.3. The molecule has 0 aliphatic carbocycles. The lowest BCUT2D eigenvalue weighted by Gasteiger charge is -2.27. The Kier molecular flexibility index (Phi) is 35.1. The molecule has 0 aromatic rings. The number of rotatable bonds is 37. The molecular formula is C40H81NO5. The number of nitrogens with one attached hydrogen (secondary N) is 1. The molecule has 6 nitrogen and oxygen atoms in total. The van der Waals surface area contributed by atoms with Gasteiger partial charge in [0.05, 0.1) is 18.8 Å². The van der Waals surface area contributed by atoms with Crippen LogP contribution in [0.5, 0.6) is 0 Å². The Labute approximate surface area is 286 Å². The second-order valence-electron chi connectivity index (χ2n) is 14.3. The van der Waals surface area contributed by atoms with Crippen LogP contribution in [-0.2, 0) is 4.79 Å². The molecule has 0 spiro atoms. The summed E-state index contributed by atoms with van der Waals surface area (Å²) in [7, 11) is 0. The van der Waals surface area contributed by atoms with Crippen LogP contribution in [-0.4, -0.2) is 57.3 Å². The molecule has 0 rings (SSSR count). The zero-order valence-electron chi connectivity index (χ0n) is 30.8. The van der Waals surface area contributed by atoms with E-state index in [-0.39, 0.29) is 0 Å². The summed E-state index contributed by atoms with van der Waals surface area (Å²) in [5, 5.41) is 43.5. The minimum Gasteiger partial charge on any atom is -0.394 e. The number of carbonyl (C=O) groups excluding carboxylic acids is 1. The fraction of sp³-hybridized carbons (Fsp3) is 0.975. The number of unbranched alkanes of at least 4 members (excludes halogenated alkanes) is 28. The van der Waals surface area contributed by atoms with Crippen LogP contribution >= 0.6 is 0 Å². The number of hydrogen-bond donors (Lipinski definition) is 5. The first-order valence-corrected chi connectivity index (χ1v) is 20.4. The monoisotopic (exact) mass is 656 g/mol. The van der Waals surface area contributed by atoms with E-state index in [1.165, 1.54) is 154 Å². The highest BCUT2D eigenvalue weighted by Crippen LogP contribution is 2.17. The molecule has 0 aliphatic heterocycles. The van der Waals surface area contributed by atoms with Crippen molar-refractivity contribution in [1.29, 1.82) is 0 Å². The normalized spacial score (nSPS) is 14.3. The van der Waals surface area contributed by atoms with Gasteiger partial charge >= 0.3 is 0 Å². The first-order chi connectivity index (χ1) is 22.5. The number of hydrogen-bond acceptors (Lipinski definition) is 5. The van der Waals surface area contributed by atoms with E-state index < -0.39 is 36.9 Å². The first kappa shape index (κ1) is 45.3. The Bertz CT molecular complexity index is 618. The average molecular weight is 656 g/mol. The van der Waals surface area contributed by atoms with Crippen LogP contribution in [0.4, 0.5) is 0 Å². The lowest BCUT2D eigenvalue weighted by atomic mass is 9.99. The van der Waals surface area contributed by atoms with Crippen molar-refractivity contribution in [3.8, 4) is 0 Å². The molecule has 4 unspecified atom stereocenters. The maximum atomic E-state index is 12.4. The molecule has 0 bridgehead atoms. The molecule has 4 atom stereocenters. The largest absolute Gasteiger partial charge is 0.394 e. The number of aliphatic hydroxyl groups is 4. The van der Waals surface area contributed by atoms with Gasteiger partial charge in [0, 0.05) is 0 Å². The topological polar surface area (TPSA) is 110 Å². The maximum absolute atomic E-state index is 12.4. The van der Waals surface area contributed by atoms with Gasteiger partial charge in [0.1, 0.15) is 12.2 Å². The van der Waals surface area contributed by atoms with E-state index in [1.807, 2.05) is 0 Å². The van der Waals surface area contributed by atoms with E-state index in [0.29, 0.717) is 12.8 Å². The molecule has 1 amide bonds. The summed E-state index contributed by atoms with van der Waals surface area (Å²) in [4.78, 5) is 12.4. The molecule has 276 valence electrons. The van der Waals surface area contributed by atoms with Crippen molar-refractivity contribution >= 4 is 5.91 Å². The minimum atomic E-state index is -1.25. The van der Waals surface area contributed by atoms with Gasteiger partial charge in [-0.25, -0.2) is 0 Å². The molecule has 0 aromatic heterocycles. The Morgan fingerprint density at radius 3 is 1.04 bits per heavy atom. The second kappa shape index (κ2) is 35.6. The van der Waals surface area contributed by atoms with Crippen molar-refractivity contribution in [2.45, 2.75) is 244 Å². The fourth-order valence-electron chi connectivity index (χ4n) is 6.52. The highest BCUT2D eigenvalue weighted by molar-refractivity contribution is 5.80. The van der Waals surface area contributed by atoms with Crippen LogP contribution in [0.25, 0.3) is 0 Å². The van der Waals surface area contributed by atoms with Gasteiger partial charge in [-0.3, -0.25) is 4.79 Å². The van der Waals surface area contributed by atoms with Crippen molar-refractivity contribution in [3.63, 3.8) is 0 Å². The fourth-order valence-corrected chi connectivity index (χ4v) is 6.52. The van der Waals surface area contributed by atoms with Crippen molar-refractivity contribution in [2.75, 3.05) is 6.61 Å². The third kappa shape index (κ3) is 29.4. The maximum Gasteiger partial charge on any atom is 0.249 e. The third-order valence-corrected chi connectivity index (χ3v) is 9.82. The van der Waals surface area contributed by atoms with Gasteiger partial charge in [0.25, 0.3) is 0 Å². The Morgan fingerprint density at radius 1 is 0.457 bits per heavy atom. The summed E-state index contributed by atoms with van der Waals surface area (Å²) in [6.07, 6.45) is 35.6. The van der Waals surface area contributed by atoms with E-state index in [4.69, 9.17) is 0 Å². The highest BCUT2D eigenvalue weighted by Gasteiger charge is 2.28. The third-order valence-electron chi connectivity index (χ3n) is 9.82. The quantitative estimate of drug-likeness (QED) is 0.0428. The SMILES string of the molecule is CCCCCCCCCCCCCCCCCCCCCCC(O)C(O)C(CO)NC(=O)C(O)CCCCCCCCCCCC. The zero-order valence-corrected chi connectivity index (χ0v) is 30.8. The van der Waals surface area contributed by atoms with E-state index >= 15 is 0 Å². The summed E-state index contributed by atoms with van der Waals surface area (Å²) in [5.74, 6) is -0.583. The molecule has 6 heteroatoms. The van der Waals surface area contributed by atoms with E-state index in [1.54, 1.807) is 0 Å².